The first-order chi connectivity index (χ1) is 20.1. The summed E-state index contributed by atoms with van der Waals surface area (Å²) in [5.41, 5.74) is 15.4. The molecule has 0 saturated heterocycles. The molecular weight excluding hydrogens is 494 g/mol. The molecule has 7 rings (SSSR count). The Morgan fingerprint density at radius 1 is 0.390 bits per heavy atom. The lowest BCUT2D eigenvalue weighted by Crippen LogP contribution is -2.26. The topological polar surface area (TPSA) is 3.24 Å². The third-order valence-electron chi connectivity index (χ3n) is 10.4. The number of rotatable bonds is 7. The molecule has 0 spiro atoms. The quantitative estimate of drug-likeness (QED) is 0.201. The van der Waals surface area contributed by atoms with Gasteiger partial charge in [-0.1, -0.05) is 100 Å². The Bertz CT molecular complexity index is 1680. The Morgan fingerprint density at radius 2 is 0.854 bits per heavy atom. The van der Waals surface area contributed by atoms with Crippen molar-refractivity contribution in [3.63, 3.8) is 0 Å². The van der Waals surface area contributed by atoms with Crippen LogP contribution in [0.2, 0.25) is 0 Å². The van der Waals surface area contributed by atoms with Crippen LogP contribution in [0.5, 0.6) is 0 Å². The van der Waals surface area contributed by atoms with Crippen LogP contribution in [0.4, 0.5) is 17.1 Å². The molecule has 0 heterocycles. The third kappa shape index (κ3) is 3.54. The molecule has 41 heavy (non-hydrogen) atoms. The Labute approximate surface area is 245 Å². The molecule has 1 heteroatoms. The maximum atomic E-state index is 2.64. The second-order valence-electron chi connectivity index (χ2n) is 11.8. The highest BCUT2D eigenvalue weighted by Gasteiger charge is 2.46. The number of para-hydroxylation sites is 2. The van der Waals surface area contributed by atoms with E-state index in [1.807, 2.05) is 0 Å². The summed E-state index contributed by atoms with van der Waals surface area (Å²) in [6.45, 7) is 9.52. The second-order valence-corrected chi connectivity index (χ2v) is 11.8. The Morgan fingerprint density at radius 3 is 1.41 bits per heavy atom. The van der Waals surface area contributed by atoms with Crippen LogP contribution in [0, 0.1) is 0 Å². The number of anilines is 3. The van der Waals surface area contributed by atoms with Crippen molar-refractivity contribution in [2.45, 2.75) is 64.2 Å². The van der Waals surface area contributed by atoms with Crippen molar-refractivity contribution < 1.29 is 0 Å². The third-order valence-corrected chi connectivity index (χ3v) is 10.4. The fourth-order valence-corrected chi connectivity index (χ4v) is 8.19. The normalized spacial score (nSPS) is 15.1. The van der Waals surface area contributed by atoms with Crippen LogP contribution in [-0.2, 0) is 10.8 Å². The van der Waals surface area contributed by atoms with E-state index in [4.69, 9.17) is 0 Å². The zero-order valence-electron chi connectivity index (χ0n) is 24.7. The molecule has 0 N–H and O–H groups in total. The molecule has 0 saturated carbocycles. The van der Waals surface area contributed by atoms with E-state index in [-0.39, 0.29) is 10.8 Å². The van der Waals surface area contributed by atoms with Crippen LogP contribution in [0.15, 0.2) is 115 Å². The van der Waals surface area contributed by atoms with Gasteiger partial charge in [0.1, 0.15) is 0 Å². The molecule has 0 fully saturated rings. The van der Waals surface area contributed by atoms with E-state index in [0.717, 1.165) is 25.7 Å². The van der Waals surface area contributed by atoms with Crippen molar-refractivity contribution >= 4 is 17.1 Å². The highest BCUT2D eigenvalue weighted by atomic mass is 15.1. The molecule has 1 nitrogen and oxygen atoms in total. The summed E-state index contributed by atoms with van der Waals surface area (Å²) < 4.78 is 0. The van der Waals surface area contributed by atoms with E-state index in [0.29, 0.717) is 0 Å². The summed E-state index contributed by atoms with van der Waals surface area (Å²) in [5.74, 6) is 0. The molecule has 0 atom stereocenters. The van der Waals surface area contributed by atoms with Gasteiger partial charge in [-0.25, -0.2) is 0 Å². The van der Waals surface area contributed by atoms with Gasteiger partial charge in [0.15, 0.2) is 0 Å². The second kappa shape index (κ2) is 9.77. The summed E-state index contributed by atoms with van der Waals surface area (Å²) in [7, 11) is 0. The van der Waals surface area contributed by atoms with Crippen LogP contribution < -0.4 is 4.90 Å². The summed E-state index contributed by atoms with van der Waals surface area (Å²) in [6.07, 6.45) is 4.41. The predicted octanol–water partition coefficient (Wildman–Crippen LogP) is 11.3. The largest absolute Gasteiger partial charge is 0.310 e. The number of fused-ring (bicyclic) bond motifs is 6. The van der Waals surface area contributed by atoms with Crippen LogP contribution in [0.25, 0.3) is 22.3 Å². The standard InChI is InChI=1S/C40H39N/c1-5-39(6-2)35-22-16-15-21-31(35)33-26-34-32-24-23-30(25-36(32)40(7-3,8-4)38(34)27-37(33)39)41(28-17-11-9-12-18-28)29-19-13-10-14-20-29/h9-27H,5-8H2,1-4H3. The van der Waals surface area contributed by atoms with Crippen LogP contribution in [0.3, 0.4) is 0 Å². The lowest BCUT2D eigenvalue weighted by atomic mass is 9.70. The van der Waals surface area contributed by atoms with Gasteiger partial charge >= 0.3 is 0 Å². The molecule has 0 amide bonds. The van der Waals surface area contributed by atoms with E-state index in [1.165, 1.54) is 61.6 Å². The van der Waals surface area contributed by atoms with Crippen LogP contribution in [0.1, 0.15) is 75.6 Å². The highest BCUT2D eigenvalue weighted by molar-refractivity contribution is 5.92. The number of nitrogens with zero attached hydrogens (tertiary/aromatic N) is 1. The molecule has 0 aromatic heterocycles. The van der Waals surface area contributed by atoms with Gasteiger partial charge in [-0.3, -0.25) is 0 Å². The molecule has 2 aliphatic carbocycles. The molecule has 0 aliphatic heterocycles. The first-order valence-corrected chi connectivity index (χ1v) is 15.5. The Balaban J connectivity index is 1.46. The monoisotopic (exact) mass is 533 g/mol. The minimum atomic E-state index is -0.00322. The van der Waals surface area contributed by atoms with Gasteiger partial charge in [-0.2, -0.15) is 0 Å². The van der Waals surface area contributed by atoms with E-state index in [9.17, 15) is 0 Å². The minimum Gasteiger partial charge on any atom is -0.310 e. The maximum absolute atomic E-state index is 2.64. The van der Waals surface area contributed by atoms with Gasteiger partial charge < -0.3 is 4.90 Å². The fraction of sp³-hybridized carbons (Fsp3) is 0.250. The van der Waals surface area contributed by atoms with Gasteiger partial charge in [-0.05, 0) is 113 Å². The molecule has 5 aromatic carbocycles. The zero-order chi connectivity index (χ0) is 28.2. The molecule has 0 unspecified atom stereocenters. The molecule has 5 aromatic rings. The minimum absolute atomic E-state index is 0.00322. The van der Waals surface area contributed by atoms with Crippen LogP contribution in [-0.4, -0.2) is 0 Å². The van der Waals surface area contributed by atoms with Crippen molar-refractivity contribution in [2.24, 2.45) is 0 Å². The first kappa shape index (κ1) is 25.8. The lowest BCUT2D eigenvalue weighted by Gasteiger charge is -2.34. The van der Waals surface area contributed by atoms with Crippen molar-refractivity contribution in [2.75, 3.05) is 4.90 Å². The van der Waals surface area contributed by atoms with Crippen molar-refractivity contribution in [1.82, 2.24) is 0 Å². The van der Waals surface area contributed by atoms with E-state index < -0.39 is 0 Å². The SMILES string of the molecule is CCC1(CC)c2ccccc2-c2cc3c(cc21)C(CC)(CC)c1cc(N(c2ccccc2)c2ccccc2)ccc1-3. The van der Waals surface area contributed by atoms with Gasteiger partial charge in [0.25, 0.3) is 0 Å². The zero-order valence-corrected chi connectivity index (χ0v) is 24.7. The number of benzene rings is 5. The molecule has 204 valence electrons. The molecule has 0 radical (unpaired) electrons. The highest BCUT2D eigenvalue weighted by Crippen LogP contribution is 2.60. The summed E-state index contributed by atoms with van der Waals surface area (Å²) in [5, 5.41) is 0. The predicted molar refractivity (Wildman–Crippen MR) is 175 cm³/mol. The Kier molecular flexibility index (Phi) is 6.16. The molecule has 0 bridgehead atoms. The molecule has 2 aliphatic rings. The van der Waals surface area contributed by atoms with E-state index >= 15 is 0 Å². The van der Waals surface area contributed by atoms with Crippen LogP contribution >= 0.6 is 0 Å². The summed E-state index contributed by atoms with van der Waals surface area (Å²) in [4.78, 5) is 2.40. The smallest absolute Gasteiger partial charge is 0.0465 e. The number of hydrogen-bond donors (Lipinski definition) is 0. The summed E-state index contributed by atoms with van der Waals surface area (Å²) in [6, 6.07) is 43.1. The van der Waals surface area contributed by atoms with E-state index in [1.54, 1.807) is 0 Å². The van der Waals surface area contributed by atoms with Gasteiger partial charge in [0, 0.05) is 27.9 Å². The maximum Gasteiger partial charge on any atom is 0.0465 e. The van der Waals surface area contributed by atoms with Gasteiger partial charge in [-0.15, -0.1) is 0 Å². The van der Waals surface area contributed by atoms with Crippen molar-refractivity contribution in [3.05, 3.63) is 138 Å². The van der Waals surface area contributed by atoms with Crippen molar-refractivity contribution in [3.8, 4) is 22.3 Å². The number of hydrogen-bond acceptors (Lipinski definition) is 1. The first-order valence-electron chi connectivity index (χ1n) is 15.5. The van der Waals surface area contributed by atoms with Gasteiger partial charge in [0.2, 0.25) is 0 Å². The van der Waals surface area contributed by atoms with Crippen molar-refractivity contribution in [1.29, 1.82) is 0 Å². The summed E-state index contributed by atoms with van der Waals surface area (Å²) >= 11 is 0. The fourth-order valence-electron chi connectivity index (χ4n) is 8.19. The average Bonchev–Trinajstić information content (AvgIpc) is 3.47. The Hall–Kier alpha value is -4.10. The average molecular weight is 534 g/mol. The molecular formula is C40H39N. The van der Waals surface area contributed by atoms with E-state index in [2.05, 4.69) is 148 Å². The van der Waals surface area contributed by atoms with Gasteiger partial charge in [0.05, 0.1) is 0 Å². The lowest BCUT2D eigenvalue weighted by molar-refractivity contribution is 0.476.